The fraction of sp³-hybridized carbons (Fsp3) is 0.579. The number of pyridine rings is 1. The molecule has 7 heteroatoms. The average molecular weight is 359 g/mol. The van der Waals surface area contributed by atoms with Crippen LogP contribution in [-0.2, 0) is 9.59 Å². The lowest BCUT2D eigenvalue weighted by atomic mass is 9.96. The van der Waals surface area contributed by atoms with Crippen molar-refractivity contribution in [2.45, 2.75) is 26.7 Å². The summed E-state index contributed by atoms with van der Waals surface area (Å²) in [6, 6.07) is 5.21. The lowest BCUT2D eigenvalue weighted by molar-refractivity contribution is -0.142. The molecule has 2 aliphatic rings. The number of piperidine rings is 1. The third-order valence-corrected chi connectivity index (χ3v) is 5.73. The minimum absolute atomic E-state index is 0.0432. The zero-order chi connectivity index (χ0) is 18.9. The summed E-state index contributed by atoms with van der Waals surface area (Å²) in [4.78, 5) is 41.8. The number of aliphatic carboxylic acids is 1. The molecule has 1 aliphatic heterocycles. The van der Waals surface area contributed by atoms with Gasteiger partial charge in [0.1, 0.15) is 5.69 Å². The van der Waals surface area contributed by atoms with Crippen molar-refractivity contribution in [3.05, 3.63) is 30.1 Å². The molecule has 3 rings (SSSR count). The van der Waals surface area contributed by atoms with Crippen molar-refractivity contribution < 1.29 is 19.5 Å². The minimum Gasteiger partial charge on any atom is -0.481 e. The van der Waals surface area contributed by atoms with Crippen molar-refractivity contribution in [1.29, 1.82) is 0 Å². The zero-order valence-electron chi connectivity index (χ0n) is 15.1. The SMILES string of the molecule is CC1(C)[C@H](C(=O)O)[C@@H]1C(=O)N1CCC(CNC(=O)c2ccccn2)CC1. The maximum absolute atomic E-state index is 12.6. The number of carboxylic acids is 1. The van der Waals surface area contributed by atoms with Crippen LogP contribution in [0.5, 0.6) is 0 Å². The van der Waals surface area contributed by atoms with Crippen molar-refractivity contribution in [2.75, 3.05) is 19.6 Å². The lowest BCUT2D eigenvalue weighted by Gasteiger charge is -2.32. The largest absolute Gasteiger partial charge is 0.481 e. The topological polar surface area (TPSA) is 99.6 Å². The Hall–Kier alpha value is -2.44. The van der Waals surface area contributed by atoms with Gasteiger partial charge in [-0.15, -0.1) is 0 Å². The molecule has 1 aliphatic carbocycles. The van der Waals surface area contributed by atoms with E-state index in [0.717, 1.165) is 12.8 Å². The third-order valence-electron chi connectivity index (χ3n) is 5.73. The molecule has 26 heavy (non-hydrogen) atoms. The molecule has 2 heterocycles. The van der Waals surface area contributed by atoms with Crippen LogP contribution in [0, 0.1) is 23.2 Å². The monoisotopic (exact) mass is 359 g/mol. The van der Waals surface area contributed by atoms with E-state index in [-0.39, 0.29) is 11.8 Å². The van der Waals surface area contributed by atoms with Crippen LogP contribution >= 0.6 is 0 Å². The number of carboxylic acid groups (broad SMARTS) is 1. The van der Waals surface area contributed by atoms with E-state index < -0.39 is 23.2 Å². The number of aromatic nitrogens is 1. The first-order valence-corrected chi connectivity index (χ1v) is 9.03. The smallest absolute Gasteiger partial charge is 0.307 e. The summed E-state index contributed by atoms with van der Waals surface area (Å²) in [5.74, 6) is -1.80. The summed E-state index contributed by atoms with van der Waals surface area (Å²) in [7, 11) is 0. The molecule has 1 saturated carbocycles. The molecule has 2 N–H and O–H groups in total. The van der Waals surface area contributed by atoms with Crippen LogP contribution in [0.15, 0.2) is 24.4 Å². The van der Waals surface area contributed by atoms with Gasteiger partial charge in [0.2, 0.25) is 5.91 Å². The summed E-state index contributed by atoms with van der Waals surface area (Å²) in [6.07, 6.45) is 3.20. The highest BCUT2D eigenvalue weighted by atomic mass is 16.4. The fourth-order valence-electron chi connectivity index (χ4n) is 3.94. The number of hydrogen-bond donors (Lipinski definition) is 2. The molecule has 0 aromatic carbocycles. The fourth-order valence-corrected chi connectivity index (χ4v) is 3.94. The van der Waals surface area contributed by atoms with Crippen LogP contribution in [0.1, 0.15) is 37.2 Å². The molecule has 0 unspecified atom stereocenters. The van der Waals surface area contributed by atoms with Crippen molar-refractivity contribution in [1.82, 2.24) is 15.2 Å². The molecule has 1 aromatic rings. The second-order valence-corrected chi connectivity index (χ2v) is 7.81. The maximum Gasteiger partial charge on any atom is 0.307 e. The van der Waals surface area contributed by atoms with E-state index in [9.17, 15) is 19.5 Å². The van der Waals surface area contributed by atoms with Crippen molar-refractivity contribution in [3.8, 4) is 0 Å². The molecule has 140 valence electrons. The van der Waals surface area contributed by atoms with E-state index in [2.05, 4.69) is 10.3 Å². The molecular weight excluding hydrogens is 334 g/mol. The summed E-state index contributed by atoms with van der Waals surface area (Å²) in [6.45, 7) is 5.47. The van der Waals surface area contributed by atoms with Gasteiger partial charge in [-0.3, -0.25) is 19.4 Å². The lowest BCUT2D eigenvalue weighted by Crippen LogP contribution is -2.42. The molecule has 0 spiro atoms. The van der Waals surface area contributed by atoms with Crippen LogP contribution in [-0.4, -0.2) is 52.4 Å². The standard InChI is InChI=1S/C19H25N3O4/c1-19(2)14(15(19)18(25)26)17(24)22-9-6-12(7-10-22)11-21-16(23)13-5-3-4-8-20-13/h3-5,8,12,14-15H,6-7,9-11H2,1-2H3,(H,21,23)(H,25,26)/t14-,15+/m1/s1. The van der Waals surface area contributed by atoms with Crippen LogP contribution in [0.3, 0.4) is 0 Å². The Morgan fingerprint density at radius 1 is 1.23 bits per heavy atom. The van der Waals surface area contributed by atoms with E-state index in [1.807, 2.05) is 13.8 Å². The number of hydrogen-bond acceptors (Lipinski definition) is 4. The minimum atomic E-state index is -0.888. The number of rotatable bonds is 5. The summed E-state index contributed by atoms with van der Waals surface area (Å²) < 4.78 is 0. The first-order valence-electron chi connectivity index (χ1n) is 9.03. The predicted octanol–water partition coefficient (Wildman–Crippen LogP) is 1.41. The Kier molecular flexibility index (Phi) is 4.98. The predicted molar refractivity (Wildman–Crippen MR) is 94.3 cm³/mol. The van der Waals surface area contributed by atoms with Gasteiger partial charge in [-0.1, -0.05) is 19.9 Å². The number of carbonyl (C=O) groups is 3. The van der Waals surface area contributed by atoms with Crippen LogP contribution < -0.4 is 5.32 Å². The summed E-state index contributed by atoms with van der Waals surface area (Å²) in [5.41, 5.74) is -0.0630. The Morgan fingerprint density at radius 2 is 1.92 bits per heavy atom. The first kappa shape index (κ1) is 18.4. The van der Waals surface area contributed by atoms with Crippen molar-refractivity contribution >= 4 is 17.8 Å². The second-order valence-electron chi connectivity index (χ2n) is 7.81. The highest BCUT2D eigenvalue weighted by molar-refractivity contribution is 5.92. The first-order chi connectivity index (χ1) is 12.3. The van der Waals surface area contributed by atoms with Crippen LogP contribution in [0.25, 0.3) is 0 Å². The van der Waals surface area contributed by atoms with Crippen LogP contribution in [0.4, 0.5) is 0 Å². The molecule has 0 radical (unpaired) electrons. The van der Waals surface area contributed by atoms with Gasteiger partial charge >= 0.3 is 5.97 Å². The van der Waals surface area contributed by atoms with E-state index in [0.29, 0.717) is 31.2 Å². The summed E-state index contributed by atoms with van der Waals surface area (Å²) >= 11 is 0. The maximum atomic E-state index is 12.6. The molecule has 2 atom stereocenters. The van der Waals surface area contributed by atoms with E-state index >= 15 is 0 Å². The van der Waals surface area contributed by atoms with Gasteiger partial charge in [0.25, 0.3) is 5.91 Å². The molecule has 1 saturated heterocycles. The third kappa shape index (κ3) is 3.57. The highest BCUT2D eigenvalue weighted by Crippen LogP contribution is 2.59. The molecule has 1 aromatic heterocycles. The Morgan fingerprint density at radius 3 is 2.46 bits per heavy atom. The average Bonchev–Trinajstić information content (AvgIpc) is 3.22. The highest BCUT2D eigenvalue weighted by Gasteiger charge is 2.66. The van der Waals surface area contributed by atoms with Crippen molar-refractivity contribution in [2.24, 2.45) is 23.2 Å². The Balaban J connectivity index is 1.45. The van der Waals surface area contributed by atoms with Gasteiger partial charge in [-0.25, -0.2) is 0 Å². The molecular formula is C19H25N3O4. The zero-order valence-corrected chi connectivity index (χ0v) is 15.1. The van der Waals surface area contributed by atoms with E-state index in [1.165, 1.54) is 0 Å². The van der Waals surface area contributed by atoms with Gasteiger partial charge in [-0.2, -0.15) is 0 Å². The molecule has 7 nitrogen and oxygen atoms in total. The number of nitrogens with one attached hydrogen (secondary N) is 1. The van der Waals surface area contributed by atoms with Gasteiger partial charge < -0.3 is 15.3 Å². The van der Waals surface area contributed by atoms with Gasteiger partial charge in [0, 0.05) is 25.8 Å². The number of amides is 2. The summed E-state index contributed by atoms with van der Waals surface area (Å²) in [5, 5.41) is 12.1. The van der Waals surface area contributed by atoms with Gasteiger partial charge in [0.05, 0.1) is 11.8 Å². The van der Waals surface area contributed by atoms with E-state index in [4.69, 9.17) is 0 Å². The van der Waals surface area contributed by atoms with E-state index in [1.54, 1.807) is 29.3 Å². The number of nitrogens with zero attached hydrogens (tertiary/aromatic N) is 2. The molecule has 0 bridgehead atoms. The van der Waals surface area contributed by atoms with Gasteiger partial charge in [-0.05, 0) is 36.3 Å². The quantitative estimate of drug-likeness (QED) is 0.828. The van der Waals surface area contributed by atoms with Crippen molar-refractivity contribution in [3.63, 3.8) is 0 Å². The van der Waals surface area contributed by atoms with Gasteiger partial charge in [0.15, 0.2) is 0 Å². The molecule has 2 amide bonds. The molecule has 2 fully saturated rings. The number of carbonyl (C=O) groups excluding carboxylic acids is 2. The number of likely N-dealkylation sites (tertiary alicyclic amines) is 1. The Bertz CT molecular complexity index is 696. The second kappa shape index (κ2) is 7.05. The Labute approximate surface area is 152 Å². The van der Waals surface area contributed by atoms with Crippen LogP contribution in [0.2, 0.25) is 0 Å². The normalized spacial score (nSPS) is 24.8.